The van der Waals surface area contributed by atoms with Gasteiger partial charge in [-0.2, -0.15) is 5.10 Å². The average molecular weight is 288 g/mol. The predicted octanol–water partition coefficient (Wildman–Crippen LogP) is 0.781. The van der Waals surface area contributed by atoms with E-state index in [1.807, 2.05) is 0 Å². The first-order valence-corrected chi connectivity index (χ1v) is 6.28. The molecular weight excluding hydrogens is 272 g/mol. The highest BCUT2D eigenvalue weighted by atomic mass is 16.5. The number of anilines is 2. The molecule has 0 aliphatic heterocycles. The third kappa shape index (κ3) is 3.59. The van der Waals surface area contributed by atoms with Gasteiger partial charge in [0, 0.05) is 17.8 Å². The van der Waals surface area contributed by atoms with Crippen molar-refractivity contribution in [1.29, 1.82) is 0 Å². The van der Waals surface area contributed by atoms with E-state index in [0.29, 0.717) is 22.8 Å². The van der Waals surface area contributed by atoms with Gasteiger partial charge in [0.2, 0.25) is 5.91 Å². The highest BCUT2D eigenvalue weighted by Crippen LogP contribution is 2.26. The minimum atomic E-state index is -0.377. The zero-order valence-electron chi connectivity index (χ0n) is 11.8. The summed E-state index contributed by atoms with van der Waals surface area (Å²) in [5, 5.41) is 6.67. The van der Waals surface area contributed by atoms with Gasteiger partial charge in [0.25, 0.3) is 5.56 Å². The van der Waals surface area contributed by atoms with Gasteiger partial charge in [0.15, 0.2) is 0 Å². The summed E-state index contributed by atoms with van der Waals surface area (Å²) in [6.45, 7) is 1.57. The molecule has 0 aliphatic rings. The van der Waals surface area contributed by atoms with E-state index in [2.05, 4.69) is 10.4 Å². The fraction of sp³-hybridized carbons (Fsp3) is 0.214. The Hall–Kier alpha value is -2.83. The van der Waals surface area contributed by atoms with Crippen LogP contribution in [0.15, 0.2) is 35.1 Å². The molecule has 7 heteroatoms. The predicted molar refractivity (Wildman–Crippen MR) is 79.3 cm³/mol. The lowest BCUT2D eigenvalue weighted by molar-refractivity contribution is -0.117. The van der Waals surface area contributed by atoms with Crippen molar-refractivity contribution in [3.63, 3.8) is 0 Å². The van der Waals surface area contributed by atoms with Crippen molar-refractivity contribution in [1.82, 2.24) is 9.78 Å². The first kappa shape index (κ1) is 14.6. The maximum absolute atomic E-state index is 12.0. The number of nitrogens with one attached hydrogen (secondary N) is 1. The topological polar surface area (TPSA) is 99.2 Å². The number of carbonyl (C=O) groups is 1. The quantitative estimate of drug-likeness (QED) is 0.810. The van der Waals surface area contributed by atoms with Gasteiger partial charge in [-0.05, 0) is 25.1 Å². The Morgan fingerprint density at radius 1 is 1.38 bits per heavy atom. The second-order valence-corrected chi connectivity index (χ2v) is 4.48. The van der Waals surface area contributed by atoms with Crippen LogP contribution in [0.3, 0.4) is 0 Å². The molecule has 1 aromatic carbocycles. The number of hydrogen-bond acceptors (Lipinski definition) is 5. The molecule has 0 aliphatic carbocycles. The first-order valence-electron chi connectivity index (χ1n) is 6.28. The minimum absolute atomic E-state index is 0.173. The molecule has 0 radical (unpaired) electrons. The number of ether oxygens (including phenoxy) is 1. The number of hydrogen-bond donors (Lipinski definition) is 2. The number of rotatable bonds is 4. The Kier molecular flexibility index (Phi) is 4.22. The van der Waals surface area contributed by atoms with Gasteiger partial charge < -0.3 is 15.8 Å². The fourth-order valence-corrected chi connectivity index (χ4v) is 1.80. The Labute approximate surface area is 121 Å². The molecule has 0 atom stereocenters. The fourth-order valence-electron chi connectivity index (χ4n) is 1.80. The standard InChI is InChI=1S/C14H16N4O3/c1-9-3-6-14(20)18(17-9)8-13(19)16-11-5-4-10(15)7-12(11)21-2/h3-7H,8,15H2,1-2H3,(H,16,19). The monoisotopic (exact) mass is 288 g/mol. The Morgan fingerprint density at radius 3 is 2.86 bits per heavy atom. The van der Waals surface area contributed by atoms with E-state index in [4.69, 9.17) is 10.5 Å². The lowest BCUT2D eigenvalue weighted by Gasteiger charge is -2.11. The molecule has 0 bridgehead atoms. The number of carbonyl (C=O) groups excluding carboxylic acids is 1. The molecule has 2 rings (SSSR count). The summed E-state index contributed by atoms with van der Waals surface area (Å²) >= 11 is 0. The number of aryl methyl sites for hydroxylation is 1. The van der Waals surface area contributed by atoms with Crippen molar-refractivity contribution in [2.45, 2.75) is 13.5 Å². The zero-order valence-corrected chi connectivity index (χ0v) is 11.8. The van der Waals surface area contributed by atoms with Crippen molar-refractivity contribution in [3.8, 4) is 5.75 Å². The molecule has 0 unspecified atom stereocenters. The van der Waals surface area contributed by atoms with Crippen LogP contribution >= 0.6 is 0 Å². The average Bonchev–Trinajstić information content (AvgIpc) is 2.44. The molecular formula is C14H16N4O3. The highest BCUT2D eigenvalue weighted by molar-refractivity contribution is 5.92. The number of methoxy groups -OCH3 is 1. The molecule has 0 saturated heterocycles. The number of aromatic nitrogens is 2. The van der Waals surface area contributed by atoms with Crippen LogP contribution in [0.4, 0.5) is 11.4 Å². The summed E-state index contributed by atoms with van der Waals surface area (Å²) in [7, 11) is 1.48. The Morgan fingerprint density at radius 2 is 2.14 bits per heavy atom. The van der Waals surface area contributed by atoms with Crippen LogP contribution in [0, 0.1) is 6.92 Å². The maximum Gasteiger partial charge on any atom is 0.267 e. The number of benzene rings is 1. The number of nitrogen functional groups attached to an aromatic ring is 1. The Balaban J connectivity index is 2.15. The lowest BCUT2D eigenvalue weighted by Crippen LogP contribution is -2.29. The molecule has 110 valence electrons. The van der Waals surface area contributed by atoms with E-state index >= 15 is 0 Å². The smallest absolute Gasteiger partial charge is 0.267 e. The van der Waals surface area contributed by atoms with Gasteiger partial charge in [0.1, 0.15) is 12.3 Å². The molecule has 0 saturated carbocycles. The number of amides is 1. The largest absolute Gasteiger partial charge is 0.494 e. The van der Waals surface area contributed by atoms with Crippen molar-refractivity contribution >= 4 is 17.3 Å². The van der Waals surface area contributed by atoms with Crippen molar-refractivity contribution in [2.24, 2.45) is 0 Å². The van der Waals surface area contributed by atoms with E-state index < -0.39 is 0 Å². The van der Waals surface area contributed by atoms with Crippen molar-refractivity contribution in [3.05, 3.63) is 46.4 Å². The number of nitrogens with two attached hydrogens (primary N) is 1. The summed E-state index contributed by atoms with van der Waals surface area (Å²) in [5.41, 5.74) is 6.98. The van der Waals surface area contributed by atoms with Crippen LogP contribution in [-0.4, -0.2) is 22.8 Å². The summed E-state index contributed by atoms with van der Waals surface area (Å²) in [4.78, 5) is 23.6. The van der Waals surface area contributed by atoms with Gasteiger partial charge in [-0.15, -0.1) is 0 Å². The van der Waals surface area contributed by atoms with Crippen LogP contribution in [0.1, 0.15) is 5.69 Å². The second-order valence-electron chi connectivity index (χ2n) is 4.48. The second kappa shape index (κ2) is 6.08. The Bertz CT molecular complexity index is 724. The van der Waals surface area contributed by atoms with E-state index in [9.17, 15) is 9.59 Å². The SMILES string of the molecule is COc1cc(N)ccc1NC(=O)Cn1nc(C)ccc1=O. The highest BCUT2D eigenvalue weighted by Gasteiger charge is 2.10. The maximum atomic E-state index is 12.0. The summed E-state index contributed by atoms with van der Waals surface area (Å²) in [5.74, 6) is 0.0752. The van der Waals surface area contributed by atoms with Crippen molar-refractivity contribution in [2.75, 3.05) is 18.2 Å². The van der Waals surface area contributed by atoms with Crippen LogP contribution in [0.2, 0.25) is 0 Å². The van der Waals surface area contributed by atoms with E-state index in [-0.39, 0.29) is 18.0 Å². The summed E-state index contributed by atoms with van der Waals surface area (Å²) < 4.78 is 6.25. The van der Waals surface area contributed by atoms with Crippen LogP contribution < -0.4 is 21.3 Å². The molecule has 2 aromatic rings. The van der Waals surface area contributed by atoms with Gasteiger partial charge in [0.05, 0.1) is 18.5 Å². The van der Waals surface area contributed by atoms with Crippen molar-refractivity contribution < 1.29 is 9.53 Å². The van der Waals surface area contributed by atoms with Gasteiger partial charge in [-0.25, -0.2) is 4.68 Å². The lowest BCUT2D eigenvalue weighted by atomic mass is 10.2. The summed E-state index contributed by atoms with van der Waals surface area (Å²) in [6, 6.07) is 7.86. The molecule has 1 amide bonds. The molecule has 0 fully saturated rings. The van der Waals surface area contributed by atoms with Crippen LogP contribution in [0.25, 0.3) is 0 Å². The zero-order chi connectivity index (χ0) is 15.4. The van der Waals surface area contributed by atoms with Gasteiger partial charge in [-0.1, -0.05) is 0 Å². The molecule has 0 spiro atoms. The third-order valence-electron chi connectivity index (χ3n) is 2.79. The minimum Gasteiger partial charge on any atom is -0.494 e. The van der Waals surface area contributed by atoms with Crippen LogP contribution in [-0.2, 0) is 11.3 Å². The number of nitrogens with zero attached hydrogens (tertiary/aromatic N) is 2. The first-order chi connectivity index (χ1) is 9.99. The van der Waals surface area contributed by atoms with E-state index in [1.54, 1.807) is 31.2 Å². The molecule has 3 N–H and O–H groups in total. The van der Waals surface area contributed by atoms with Gasteiger partial charge in [-0.3, -0.25) is 9.59 Å². The third-order valence-corrected chi connectivity index (χ3v) is 2.79. The van der Waals surface area contributed by atoms with E-state index in [1.165, 1.54) is 13.2 Å². The van der Waals surface area contributed by atoms with Crippen LogP contribution in [0.5, 0.6) is 5.75 Å². The molecule has 21 heavy (non-hydrogen) atoms. The summed E-state index contributed by atoms with van der Waals surface area (Å²) in [6.07, 6.45) is 0. The van der Waals surface area contributed by atoms with E-state index in [0.717, 1.165) is 4.68 Å². The normalized spacial score (nSPS) is 10.2. The molecule has 7 nitrogen and oxygen atoms in total. The molecule has 1 aromatic heterocycles. The molecule has 1 heterocycles. The van der Waals surface area contributed by atoms with Gasteiger partial charge >= 0.3 is 0 Å².